The second-order valence-corrected chi connectivity index (χ2v) is 5.62. The molecule has 2 aromatic rings. The van der Waals surface area contributed by atoms with Crippen molar-refractivity contribution in [2.45, 2.75) is 13.3 Å². The van der Waals surface area contributed by atoms with Crippen LogP contribution in [0.4, 0.5) is 0 Å². The highest BCUT2D eigenvalue weighted by Crippen LogP contribution is 2.37. The third-order valence-electron chi connectivity index (χ3n) is 2.71. The van der Waals surface area contributed by atoms with Gasteiger partial charge in [0, 0.05) is 16.5 Å². The summed E-state index contributed by atoms with van der Waals surface area (Å²) in [6.07, 6.45) is 0.428. The molecule has 0 radical (unpaired) electrons. The maximum absolute atomic E-state index is 11.6. The average Bonchev–Trinajstić information content (AvgIpc) is 2.87. The standard InChI is InChI=1S/C14H12Br2O3/c1-3-11(17)13-5-4-12(19-13)8-6-14(18-2)10(16)7-9(8)15/h4-7H,3H2,1-2H3. The Kier molecular flexibility index (Phi) is 4.47. The molecule has 19 heavy (non-hydrogen) atoms. The summed E-state index contributed by atoms with van der Waals surface area (Å²) in [5.74, 6) is 1.71. The third kappa shape index (κ3) is 2.92. The van der Waals surface area contributed by atoms with Crippen LogP contribution in [0.5, 0.6) is 5.75 Å². The van der Waals surface area contributed by atoms with Crippen LogP contribution in [-0.4, -0.2) is 12.9 Å². The van der Waals surface area contributed by atoms with Gasteiger partial charge in [0.05, 0.1) is 11.6 Å². The van der Waals surface area contributed by atoms with Crippen LogP contribution in [-0.2, 0) is 0 Å². The molecule has 3 nitrogen and oxygen atoms in total. The summed E-state index contributed by atoms with van der Waals surface area (Å²) in [5.41, 5.74) is 0.843. The van der Waals surface area contributed by atoms with E-state index in [0.717, 1.165) is 14.5 Å². The maximum atomic E-state index is 11.6. The number of furan rings is 1. The smallest absolute Gasteiger partial charge is 0.197 e. The first-order valence-electron chi connectivity index (χ1n) is 5.73. The number of halogens is 2. The predicted molar refractivity (Wildman–Crippen MR) is 80.7 cm³/mol. The monoisotopic (exact) mass is 386 g/mol. The molecular formula is C14H12Br2O3. The average molecular weight is 388 g/mol. The molecule has 0 atom stereocenters. The lowest BCUT2D eigenvalue weighted by molar-refractivity contribution is 0.0962. The molecule has 1 aromatic heterocycles. The number of ether oxygens (including phenoxy) is 1. The SMILES string of the molecule is CCC(=O)c1ccc(-c2cc(OC)c(Br)cc2Br)o1. The minimum atomic E-state index is -0.00792. The molecule has 2 rings (SSSR count). The van der Waals surface area contributed by atoms with Crippen molar-refractivity contribution in [2.24, 2.45) is 0 Å². The second kappa shape index (κ2) is 5.92. The summed E-state index contributed by atoms with van der Waals surface area (Å²) in [6.45, 7) is 1.81. The highest BCUT2D eigenvalue weighted by atomic mass is 79.9. The third-order valence-corrected chi connectivity index (χ3v) is 3.98. The van der Waals surface area contributed by atoms with Crippen LogP contribution < -0.4 is 4.74 Å². The molecule has 1 aromatic carbocycles. The first kappa shape index (κ1) is 14.3. The minimum Gasteiger partial charge on any atom is -0.496 e. The van der Waals surface area contributed by atoms with Gasteiger partial charge in [-0.1, -0.05) is 6.92 Å². The first-order valence-corrected chi connectivity index (χ1v) is 7.31. The number of ketones is 1. The fourth-order valence-corrected chi connectivity index (χ4v) is 3.03. The topological polar surface area (TPSA) is 39.4 Å². The molecule has 0 unspecified atom stereocenters. The van der Waals surface area contributed by atoms with Crippen LogP contribution in [0.15, 0.2) is 37.6 Å². The zero-order valence-electron chi connectivity index (χ0n) is 10.5. The van der Waals surface area contributed by atoms with E-state index in [2.05, 4.69) is 31.9 Å². The minimum absolute atomic E-state index is 0.00792. The van der Waals surface area contributed by atoms with Gasteiger partial charge in [-0.15, -0.1) is 0 Å². The van der Waals surface area contributed by atoms with Crippen LogP contribution in [0, 0.1) is 0 Å². The van der Waals surface area contributed by atoms with Crippen LogP contribution in [0.2, 0.25) is 0 Å². The van der Waals surface area contributed by atoms with Crippen LogP contribution in [0.3, 0.4) is 0 Å². The highest BCUT2D eigenvalue weighted by molar-refractivity contribution is 9.11. The molecule has 0 aliphatic carbocycles. The summed E-state index contributed by atoms with van der Waals surface area (Å²) in [4.78, 5) is 11.6. The number of hydrogen-bond donors (Lipinski definition) is 0. The van der Waals surface area contributed by atoms with E-state index in [1.165, 1.54) is 0 Å². The molecule has 0 bridgehead atoms. The Bertz CT molecular complexity index is 617. The van der Waals surface area contributed by atoms with Crippen molar-refractivity contribution in [1.82, 2.24) is 0 Å². The number of carbonyl (C=O) groups excluding carboxylic acids is 1. The van der Waals surface area contributed by atoms with Gasteiger partial charge in [0.15, 0.2) is 11.5 Å². The zero-order chi connectivity index (χ0) is 14.0. The molecule has 1 heterocycles. The Balaban J connectivity index is 2.47. The summed E-state index contributed by atoms with van der Waals surface area (Å²) in [6, 6.07) is 7.23. The van der Waals surface area contributed by atoms with E-state index in [4.69, 9.17) is 9.15 Å². The Morgan fingerprint density at radius 3 is 2.63 bits per heavy atom. The van der Waals surface area contributed by atoms with Crippen LogP contribution in [0.25, 0.3) is 11.3 Å². The molecule has 0 saturated carbocycles. The Morgan fingerprint density at radius 1 is 1.26 bits per heavy atom. The molecule has 100 valence electrons. The summed E-state index contributed by atoms with van der Waals surface area (Å²) in [5, 5.41) is 0. The van der Waals surface area contributed by atoms with E-state index >= 15 is 0 Å². The van der Waals surface area contributed by atoms with Gasteiger partial charge in [0.1, 0.15) is 11.5 Å². The van der Waals surface area contributed by atoms with Gasteiger partial charge in [-0.25, -0.2) is 0 Å². The molecule has 0 aliphatic heterocycles. The second-order valence-electron chi connectivity index (χ2n) is 3.91. The number of methoxy groups -OCH3 is 1. The number of Topliss-reactive ketones (excluding diaryl/α,β-unsaturated/α-hetero) is 1. The summed E-state index contributed by atoms with van der Waals surface area (Å²) >= 11 is 6.89. The van der Waals surface area contributed by atoms with Crippen molar-refractivity contribution in [3.05, 3.63) is 39.0 Å². The van der Waals surface area contributed by atoms with Crippen LogP contribution >= 0.6 is 31.9 Å². The highest BCUT2D eigenvalue weighted by Gasteiger charge is 2.14. The Hall–Kier alpha value is -1.07. The molecule has 5 heteroatoms. The van der Waals surface area contributed by atoms with Crippen molar-refractivity contribution in [3.63, 3.8) is 0 Å². The number of carbonyl (C=O) groups is 1. The molecule has 0 saturated heterocycles. The van der Waals surface area contributed by atoms with Gasteiger partial charge in [-0.05, 0) is 56.1 Å². The normalized spacial score (nSPS) is 10.5. The predicted octanol–water partition coefficient (Wildman–Crippen LogP) is 5.07. The zero-order valence-corrected chi connectivity index (χ0v) is 13.7. The van der Waals surface area contributed by atoms with E-state index in [-0.39, 0.29) is 5.78 Å². The van der Waals surface area contributed by atoms with Crippen LogP contribution in [0.1, 0.15) is 23.9 Å². The van der Waals surface area contributed by atoms with Gasteiger partial charge >= 0.3 is 0 Å². The van der Waals surface area contributed by atoms with Gasteiger partial charge in [0.25, 0.3) is 0 Å². The number of benzene rings is 1. The van der Waals surface area contributed by atoms with Crippen molar-refractivity contribution in [2.75, 3.05) is 7.11 Å². The lowest BCUT2D eigenvalue weighted by atomic mass is 10.1. The van der Waals surface area contributed by atoms with E-state index in [1.54, 1.807) is 19.2 Å². The molecular weight excluding hydrogens is 376 g/mol. The van der Waals surface area contributed by atoms with Gasteiger partial charge in [-0.2, -0.15) is 0 Å². The number of rotatable bonds is 4. The number of hydrogen-bond acceptors (Lipinski definition) is 3. The quantitative estimate of drug-likeness (QED) is 0.687. The Morgan fingerprint density at radius 2 is 2.00 bits per heavy atom. The van der Waals surface area contributed by atoms with Crippen molar-refractivity contribution >= 4 is 37.6 Å². The molecule has 0 aliphatic rings. The maximum Gasteiger partial charge on any atom is 0.197 e. The molecule has 0 N–H and O–H groups in total. The van der Waals surface area contributed by atoms with Gasteiger partial charge < -0.3 is 9.15 Å². The fraction of sp³-hybridized carbons (Fsp3) is 0.214. The molecule has 0 amide bonds. The molecule has 0 spiro atoms. The van der Waals surface area contributed by atoms with Crippen molar-refractivity contribution in [1.29, 1.82) is 0 Å². The lowest BCUT2D eigenvalue weighted by Crippen LogP contribution is -1.92. The molecule has 0 fully saturated rings. The van der Waals surface area contributed by atoms with E-state index in [9.17, 15) is 4.79 Å². The summed E-state index contributed by atoms with van der Waals surface area (Å²) in [7, 11) is 1.60. The van der Waals surface area contributed by atoms with E-state index in [1.807, 2.05) is 19.1 Å². The van der Waals surface area contributed by atoms with E-state index < -0.39 is 0 Å². The fourth-order valence-electron chi connectivity index (χ4n) is 1.68. The van der Waals surface area contributed by atoms with E-state index in [0.29, 0.717) is 23.7 Å². The first-order chi connectivity index (χ1) is 9.06. The van der Waals surface area contributed by atoms with Gasteiger partial charge in [-0.3, -0.25) is 4.79 Å². The van der Waals surface area contributed by atoms with Crippen molar-refractivity contribution in [3.8, 4) is 17.1 Å². The summed E-state index contributed by atoms with van der Waals surface area (Å²) < 4.78 is 12.6. The largest absolute Gasteiger partial charge is 0.496 e. The van der Waals surface area contributed by atoms with Gasteiger partial charge in [0.2, 0.25) is 0 Å². The Labute approximate surface area is 128 Å². The lowest BCUT2D eigenvalue weighted by Gasteiger charge is -2.07. The van der Waals surface area contributed by atoms with Crippen molar-refractivity contribution < 1.29 is 13.9 Å².